The van der Waals surface area contributed by atoms with Crippen LogP contribution in [0.3, 0.4) is 0 Å². The summed E-state index contributed by atoms with van der Waals surface area (Å²) >= 11 is 0. The van der Waals surface area contributed by atoms with Crippen molar-refractivity contribution in [3.63, 3.8) is 0 Å². The van der Waals surface area contributed by atoms with Gasteiger partial charge in [-0.3, -0.25) is 4.79 Å². The van der Waals surface area contributed by atoms with Crippen LogP contribution in [0.15, 0.2) is 30.3 Å². The highest BCUT2D eigenvalue weighted by Gasteiger charge is 2.65. The second-order valence-corrected chi connectivity index (χ2v) is 14.2. The van der Waals surface area contributed by atoms with E-state index < -0.39 is 8.07 Å². The molecule has 2 saturated carbocycles. The summed E-state index contributed by atoms with van der Waals surface area (Å²) in [6, 6.07) is 12.1. The first-order valence-corrected chi connectivity index (χ1v) is 12.0. The first-order valence-electron chi connectivity index (χ1n) is 8.34. The van der Waals surface area contributed by atoms with Crippen LogP contribution in [0.5, 0.6) is 0 Å². The average molecular weight is 301 g/mol. The first-order chi connectivity index (χ1) is 9.75. The molecule has 3 rings (SSSR count). The van der Waals surface area contributed by atoms with Crippen molar-refractivity contribution in [2.45, 2.75) is 51.9 Å². The van der Waals surface area contributed by atoms with Crippen LogP contribution in [0.1, 0.15) is 31.7 Å². The van der Waals surface area contributed by atoms with Crippen LogP contribution in [0, 0.1) is 23.2 Å². The maximum Gasteiger partial charge on any atom is 0.143 e. The van der Waals surface area contributed by atoms with Crippen LogP contribution in [0.2, 0.25) is 25.7 Å². The number of carbonyl (C=O) groups is 1. The van der Waals surface area contributed by atoms with Gasteiger partial charge in [-0.05, 0) is 29.7 Å². The third-order valence-electron chi connectivity index (χ3n) is 6.08. The predicted molar refractivity (Wildman–Crippen MR) is 91.2 cm³/mol. The Bertz CT molecular complexity index is 544. The summed E-state index contributed by atoms with van der Waals surface area (Å²) in [5, 5.41) is 0. The quantitative estimate of drug-likeness (QED) is 0.720. The summed E-state index contributed by atoms with van der Waals surface area (Å²) < 4.78 is 0. The summed E-state index contributed by atoms with van der Waals surface area (Å²) in [7, 11) is -1.14. The van der Waals surface area contributed by atoms with Crippen molar-refractivity contribution in [2.24, 2.45) is 23.2 Å². The zero-order valence-corrected chi connectivity index (χ0v) is 15.0. The van der Waals surface area contributed by atoms with E-state index in [4.69, 9.17) is 0 Å². The highest BCUT2D eigenvalue weighted by atomic mass is 28.3. The highest BCUT2D eigenvalue weighted by molar-refractivity contribution is 6.76. The number of fused-ring (bicyclic) bond motifs is 2. The second kappa shape index (κ2) is 4.81. The molecular weight excluding hydrogens is 272 g/mol. The predicted octanol–water partition coefficient (Wildman–Crippen LogP) is 4.97. The molecule has 114 valence electrons. The van der Waals surface area contributed by atoms with E-state index in [0.717, 1.165) is 6.42 Å². The SMILES string of the molecule is C[C@@H]1[C@@H](c2ccccc2)[C@@]2(C)C(=O)[C@@H]1C[C@@H]2C[Si](C)(C)C. The van der Waals surface area contributed by atoms with E-state index in [9.17, 15) is 4.79 Å². The van der Waals surface area contributed by atoms with E-state index in [0.29, 0.717) is 29.5 Å². The van der Waals surface area contributed by atoms with Gasteiger partial charge in [0.25, 0.3) is 0 Å². The maximum atomic E-state index is 13.0. The van der Waals surface area contributed by atoms with E-state index in [1.54, 1.807) is 0 Å². The van der Waals surface area contributed by atoms with Crippen molar-refractivity contribution in [2.75, 3.05) is 0 Å². The van der Waals surface area contributed by atoms with Gasteiger partial charge in [0.1, 0.15) is 5.78 Å². The van der Waals surface area contributed by atoms with Crippen molar-refractivity contribution in [3.8, 4) is 0 Å². The van der Waals surface area contributed by atoms with Crippen molar-refractivity contribution in [1.29, 1.82) is 0 Å². The summed E-state index contributed by atoms with van der Waals surface area (Å²) in [6.45, 7) is 11.9. The molecule has 0 heterocycles. The normalized spacial score (nSPS) is 39.0. The topological polar surface area (TPSA) is 17.1 Å². The molecule has 0 N–H and O–H groups in total. The molecule has 0 saturated heterocycles. The Balaban J connectivity index is 2.00. The fraction of sp³-hybridized carbons (Fsp3) is 0.632. The molecule has 5 atom stereocenters. The molecule has 1 nitrogen and oxygen atoms in total. The molecular formula is C19H28OSi. The fourth-order valence-corrected chi connectivity index (χ4v) is 7.31. The van der Waals surface area contributed by atoms with E-state index in [1.165, 1.54) is 11.6 Å². The van der Waals surface area contributed by atoms with Crippen LogP contribution in [-0.4, -0.2) is 13.9 Å². The minimum atomic E-state index is -1.14. The molecule has 21 heavy (non-hydrogen) atoms. The molecule has 2 fully saturated rings. The van der Waals surface area contributed by atoms with Gasteiger partial charge in [-0.1, -0.05) is 69.9 Å². The molecule has 0 aromatic heterocycles. The molecule has 0 amide bonds. The molecule has 2 aliphatic carbocycles. The zero-order chi connectivity index (χ0) is 15.4. The Hall–Kier alpha value is -0.893. The standard InChI is InChI=1S/C19H28OSi/c1-13-16-11-15(12-21(3,4)5)19(2,18(16)20)17(13)14-9-7-6-8-10-14/h6-10,13,15-17H,11-12H2,1-5H3/t13-,15+,16+,17-,19-/m0/s1. The number of carbonyl (C=O) groups excluding carboxylic acids is 1. The largest absolute Gasteiger partial charge is 0.299 e. The lowest BCUT2D eigenvalue weighted by Gasteiger charge is -2.42. The number of Topliss-reactive ketones (excluding diaryl/α,β-unsaturated/α-hetero) is 1. The Morgan fingerprint density at radius 2 is 1.81 bits per heavy atom. The monoisotopic (exact) mass is 300 g/mol. The van der Waals surface area contributed by atoms with E-state index >= 15 is 0 Å². The van der Waals surface area contributed by atoms with Gasteiger partial charge in [0.15, 0.2) is 0 Å². The summed E-state index contributed by atoms with van der Waals surface area (Å²) in [4.78, 5) is 13.0. The van der Waals surface area contributed by atoms with Crippen LogP contribution in [0.4, 0.5) is 0 Å². The Morgan fingerprint density at radius 1 is 1.19 bits per heavy atom. The van der Waals surface area contributed by atoms with Crippen molar-refractivity contribution >= 4 is 13.9 Å². The van der Waals surface area contributed by atoms with E-state index in [2.05, 4.69) is 63.8 Å². The minimum absolute atomic E-state index is 0.119. The maximum absolute atomic E-state index is 13.0. The van der Waals surface area contributed by atoms with Gasteiger partial charge in [0, 0.05) is 19.4 Å². The molecule has 0 aliphatic heterocycles. The smallest absolute Gasteiger partial charge is 0.143 e. The lowest BCUT2D eigenvalue weighted by molar-refractivity contribution is -0.126. The average Bonchev–Trinajstić information content (AvgIpc) is 2.73. The molecule has 0 unspecified atom stereocenters. The number of benzene rings is 1. The molecule has 1 aromatic rings. The number of rotatable bonds is 3. The van der Waals surface area contributed by atoms with Gasteiger partial charge < -0.3 is 0 Å². The summed E-state index contributed by atoms with van der Waals surface area (Å²) in [5.41, 5.74) is 1.26. The van der Waals surface area contributed by atoms with Gasteiger partial charge in [-0.25, -0.2) is 0 Å². The molecule has 2 aliphatic rings. The fourth-order valence-electron chi connectivity index (χ4n) is 5.24. The third-order valence-corrected chi connectivity index (χ3v) is 7.80. The molecule has 2 bridgehead atoms. The van der Waals surface area contributed by atoms with E-state index in [1.807, 2.05) is 0 Å². The zero-order valence-electron chi connectivity index (χ0n) is 14.0. The Morgan fingerprint density at radius 3 is 2.33 bits per heavy atom. The third kappa shape index (κ3) is 2.23. The van der Waals surface area contributed by atoms with Gasteiger partial charge in [0.05, 0.1) is 0 Å². The van der Waals surface area contributed by atoms with Gasteiger partial charge in [-0.2, -0.15) is 0 Å². The number of ketones is 1. The van der Waals surface area contributed by atoms with E-state index in [-0.39, 0.29) is 5.41 Å². The molecule has 0 radical (unpaired) electrons. The van der Waals surface area contributed by atoms with Crippen LogP contribution in [0.25, 0.3) is 0 Å². The summed E-state index contributed by atoms with van der Waals surface area (Å²) in [6.07, 6.45) is 1.14. The highest BCUT2D eigenvalue weighted by Crippen LogP contribution is 2.65. The Labute approximate surface area is 130 Å². The molecule has 1 aromatic carbocycles. The lowest BCUT2D eigenvalue weighted by atomic mass is 9.64. The van der Waals surface area contributed by atoms with Gasteiger partial charge in [0.2, 0.25) is 0 Å². The first kappa shape index (κ1) is 15.0. The number of hydrogen-bond acceptors (Lipinski definition) is 1. The van der Waals surface area contributed by atoms with Gasteiger partial charge in [-0.15, -0.1) is 0 Å². The minimum Gasteiger partial charge on any atom is -0.299 e. The molecule has 2 heteroatoms. The summed E-state index contributed by atoms with van der Waals surface area (Å²) in [5.74, 6) is 2.39. The number of hydrogen-bond donors (Lipinski definition) is 0. The van der Waals surface area contributed by atoms with Crippen LogP contribution >= 0.6 is 0 Å². The van der Waals surface area contributed by atoms with Crippen molar-refractivity contribution in [3.05, 3.63) is 35.9 Å². The molecule has 0 spiro atoms. The lowest BCUT2D eigenvalue weighted by Crippen LogP contribution is -2.39. The Kier molecular flexibility index (Phi) is 3.44. The van der Waals surface area contributed by atoms with Crippen molar-refractivity contribution in [1.82, 2.24) is 0 Å². The van der Waals surface area contributed by atoms with Crippen LogP contribution < -0.4 is 0 Å². The van der Waals surface area contributed by atoms with Gasteiger partial charge >= 0.3 is 0 Å². The van der Waals surface area contributed by atoms with Crippen molar-refractivity contribution < 1.29 is 4.79 Å². The van der Waals surface area contributed by atoms with Crippen LogP contribution in [-0.2, 0) is 4.79 Å². The second-order valence-electron chi connectivity index (χ2n) is 8.70.